The standard InChI is InChI=1S/C17H14N2O2.C7H14N2O.2H2/c1-19-15-11-14(8-9-16(15)21-17(19)20)13-6-4-12(5-7-13)3-2-10-18;1-5-6(7(8)10)3-2-4-9-5;;/h4-9,11H,2-3H2,1H3;5-6,9H,2-4H2,1H3,(H2,8,10);2*1H/t;5-,6-;;/m.1../s1. The SMILES string of the molecule is C[C@H]1NCCC[C@H]1C(N)=O.Cn1c(=O)oc2ccc(-c3ccc(CCC#N)cc3)cc21.[HH].[HH]. The molecular formula is C24H32N4O3. The van der Waals surface area contributed by atoms with Gasteiger partial charge in [-0.25, -0.2) is 4.79 Å². The van der Waals surface area contributed by atoms with E-state index in [0.717, 1.165) is 48.0 Å². The van der Waals surface area contributed by atoms with Crippen LogP contribution in [0.1, 0.15) is 34.6 Å². The van der Waals surface area contributed by atoms with Gasteiger partial charge in [-0.15, -0.1) is 0 Å². The molecule has 1 saturated heterocycles. The molecule has 2 heterocycles. The number of nitrogens with zero attached hydrogens (tertiary/aromatic N) is 2. The summed E-state index contributed by atoms with van der Waals surface area (Å²) in [6.45, 7) is 3.03. The van der Waals surface area contributed by atoms with Crippen LogP contribution >= 0.6 is 0 Å². The van der Waals surface area contributed by atoms with Crippen molar-refractivity contribution in [1.82, 2.24) is 9.88 Å². The van der Waals surface area contributed by atoms with E-state index in [-0.39, 0.29) is 26.5 Å². The van der Waals surface area contributed by atoms with Crippen molar-refractivity contribution in [3.63, 3.8) is 0 Å². The summed E-state index contributed by atoms with van der Waals surface area (Å²) in [4.78, 5) is 22.2. The summed E-state index contributed by atoms with van der Waals surface area (Å²) in [5.74, 6) is -0.470. The van der Waals surface area contributed by atoms with E-state index in [1.165, 1.54) is 4.57 Å². The lowest BCUT2D eigenvalue weighted by Crippen LogP contribution is -2.44. The summed E-state index contributed by atoms with van der Waals surface area (Å²) >= 11 is 0. The fourth-order valence-corrected chi connectivity index (χ4v) is 3.80. The number of hydrogen-bond donors (Lipinski definition) is 2. The Labute approximate surface area is 184 Å². The maximum Gasteiger partial charge on any atom is 0.419 e. The second kappa shape index (κ2) is 10.1. The summed E-state index contributed by atoms with van der Waals surface area (Å²) in [5.41, 5.74) is 9.81. The van der Waals surface area contributed by atoms with Crippen LogP contribution in [0.25, 0.3) is 22.2 Å². The van der Waals surface area contributed by atoms with Gasteiger partial charge in [-0.1, -0.05) is 30.3 Å². The second-order valence-corrected chi connectivity index (χ2v) is 7.86. The van der Waals surface area contributed by atoms with Crippen LogP contribution < -0.4 is 16.8 Å². The van der Waals surface area contributed by atoms with E-state index in [1.807, 2.05) is 49.4 Å². The van der Waals surface area contributed by atoms with Gasteiger partial charge in [0.15, 0.2) is 5.58 Å². The van der Waals surface area contributed by atoms with Crippen LogP contribution in [0.15, 0.2) is 51.7 Å². The van der Waals surface area contributed by atoms with Crippen molar-refractivity contribution in [2.45, 2.75) is 38.6 Å². The predicted molar refractivity (Wildman–Crippen MR) is 124 cm³/mol. The molecule has 2 atom stereocenters. The molecule has 3 N–H and O–H groups in total. The van der Waals surface area contributed by atoms with Gasteiger partial charge >= 0.3 is 5.76 Å². The summed E-state index contributed by atoms with van der Waals surface area (Å²) in [6, 6.07) is 16.3. The molecule has 0 bridgehead atoms. The van der Waals surface area contributed by atoms with Gasteiger partial charge in [0, 0.05) is 22.4 Å². The van der Waals surface area contributed by atoms with Gasteiger partial charge in [0.2, 0.25) is 5.91 Å². The zero-order valence-electron chi connectivity index (χ0n) is 17.9. The molecule has 31 heavy (non-hydrogen) atoms. The van der Waals surface area contributed by atoms with Gasteiger partial charge in [0.05, 0.1) is 17.5 Å². The Kier molecular flexibility index (Phi) is 7.27. The van der Waals surface area contributed by atoms with E-state index < -0.39 is 0 Å². The summed E-state index contributed by atoms with van der Waals surface area (Å²) in [7, 11) is 1.70. The molecule has 1 amide bonds. The van der Waals surface area contributed by atoms with Crippen LogP contribution in [-0.4, -0.2) is 23.1 Å². The fraction of sp³-hybridized carbons (Fsp3) is 0.375. The van der Waals surface area contributed by atoms with Gasteiger partial charge < -0.3 is 15.5 Å². The van der Waals surface area contributed by atoms with E-state index in [1.54, 1.807) is 7.05 Å². The predicted octanol–water partition coefficient (Wildman–Crippen LogP) is 3.61. The van der Waals surface area contributed by atoms with Crippen molar-refractivity contribution >= 4 is 17.0 Å². The Morgan fingerprint density at radius 2 is 2.00 bits per heavy atom. The number of benzene rings is 2. The number of primary amides is 1. The topological polar surface area (TPSA) is 114 Å². The van der Waals surface area contributed by atoms with E-state index in [4.69, 9.17) is 15.4 Å². The Bertz CT molecular complexity index is 1150. The number of amides is 1. The number of carbonyl (C=O) groups is 1. The summed E-state index contributed by atoms with van der Waals surface area (Å²) < 4.78 is 6.63. The van der Waals surface area contributed by atoms with Crippen LogP contribution in [0.3, 0.4) is 0 Å². The molecule has 3 aromatic rings. The van der Waals surface area contributed by atoms with Gasteiger partial charge in [0.25, 0.3) is 0 Å². The van der Waals surface area contributed by atoms with Crippen LogP contribution in [0.2, 0.25) is 0 Å². The minimum absolute atomic E-state index is 0. The van der Waals surface area contributed by atoms with E-state index >= 15 is 0 Å². The molecule has 166 valence electrons. The summed E-state index contributed by atoms with van der Waals surface area (Å²) in [6.07, 6.45) is 3.32. The monoisotopic (exact) mass is 424 g/mol. The normalized spacial score (nSPS) is 18.1. The highest BCUT2D eigenvalue weighted by atomic mass is 16.4. The molecule has 1 aliphatic heterocycles. The highest BCUT2D eigenvalue weighted by Crippen LogP contribution is 2.24. The minimum atomic E-state index is -0.353. The number of piperidine rings is 1. The van der Waals surface area contributed by atoms with Crippen molar-refractivity contribution in [3.05, 3.63) is 58.6 Å². The van der Waals surface area contributed by atoms with Crippen molar-refractivity contribution in [2.75, 3.05) is 6.54 Å². The molecule has 0 radical (unpaired) electrons. The van der Waals surface area contributed by atoms with Crippen LogP contribution in [0.4, 0.5) is 0 Å². The van der Waals surface area contributed by atoms with E-state index in [9.17, 15) is 9.59 Å². The third-order valence-corrected chi connectivity index (χ3v) is 5.73. The lowest BCUT2D eigenvalue weighted by molar-refractivity contribution is -0.123. The number of hydrogen-bond acceptors (Lipinski definition) is 5. The van der Waals surface area contributed by atoms with Gasteiger partial charge in [-0.2, -0.15) is 5.26 Å². The van der Waals surface area contributed by atoms with E-state index in [0.29, 0.717) is 12.0 Å². The molecular weight excluding hydrogens is 392 g/mol. The zero-order chi connectivity index (χ0) is 22.4. The van der Waals surface area contributed by atoms with Crippen molar-refractivity contribution in [3.8, 4) is 17.2 Å². The smallest absolute Gasteiger partial charge is 0.408 e. The average Bonchev–Trinajstić information content (AvgIpc) is 3.06. The molecule has 0 unspecified atom stereocenters. The zero-order valence-corrected chi connectivity index (χ0v) is 17.9. The van der Waals surface area contributed by atoms with Gasteiger partial charge in [0.1, 0.15) is 0 Å². The third-order valence-electron chi connectivity index (χ3n) is 5.73. The maximum absolute atomic E-state index is 11.5. The van der Waals surface area contributed by atoms with Crippen molar-refractivity contribution in [2.24, 2.45) is 18.7 Å². The van der Waals surface area contributed by atoms with Gasteiger partial charge in [-0.3, -0.25) is 9.36 Å². The number of nitrogens with two attached hydrogens (primary N) is 1. The van der Waals surface area contributed by atoms with Crippen molar-refractivity contribution < 1.29 is 12.1 Å². The molecule has 0 saturated carbocycles. The maximum atomic E-state index is 11.5. The molecule has 1 aliphatic rings. The number of aromatic nitrogens is 1. The largest absolute Gasteiger partial charge is 0.419 e. The first-order chi connectivity index (χ1) is 14.9. The Balaban J connectivity index is 0.000000388. The molecule has 1 fully saturated rings. The van der Waals surface area contributed by atoms with Crippen molar-refractivity contribution in [1.29, 1.82) is 5.26 Å². The van der Waals surface area contributed by atoms with Crippen LogP contribution in [0.5, 0.6) is 0 Å². The van der Waals surface area contributed by atoms with Crippen LogP contribution in [0, 0.1) is 17.2 Å². The average molecular weight is 425 g/mol. The highest BCUT2D eigenvalue weighted by Gasteiger charge is 2.24. The minimum Gasteiger partial charge on any atom is -0.408 e. The number of fused-ring (bicyclic) bond motifs is 1. The number of rotatable bonds is 4. The van der Waals surface area contributed by atoms with Crippen LogP contribution in [-0.2, 0) is 18.3 Å². The van der Waals surface area contributed by atoms with Gasteiger partial charge in [-0.05, 0) is 61.6 Å². The molecule has 1 aromatic heterocycles. The molecule has 7 nitrogen and oxygen atoms in total. The Hall–Kier alpha value is -3.37. The lowest BCUT2D eigenvalue weighted by Gasteiger charge is -2.27. The highest BCUT2D eigenvalue weighted by molar-refractivity contribution is 5.80. The number of nitrogens with one attached hydrogen (secondary N) is 1. The number of oxazole rings is 1. The Morgan fingerprint density at radius 3 is 2.61 bits per heavy atom. The number of aryl methyl sites for hydroxylation is 2. The van der Waals surface area contributed by atoms with E-state index in [2.05, 4.69) is 11.4 Å². The molecule has 0 aliphatic carbocycles. The molecule has 7 heteroatoms. The quantitative estimate of drug-likeness (QED) is 0.664. The molecule has 0 spiro atoms. The third kappa shape index (κ3) is 5.41. The number of carbonyl (C=O) groups excluding carboxylic acids is 1. The Morgan fingerprint density at radius 1 is 1.29 bits per heavy atom. The molecule has 4 rings (SSSR count). The first kappa shape index (κ1) is 22.3. The second-order valence-electron chi connectivity index (χ2n) is 7.86. The lowest BCUT2D eigenvalue weighted by atomic mass is 9.92. The summed E-state index contributed by atoms with van der Waals surface area (Å²) in [5, 5.41) is 11.8. The first-order valence-corrected chi connectivity index (χ1v) is 10.5. The molecule has 2 aromatic carbocycles. The fourth-order valence-electron chi connectivity index (χ4n) is 3.80. The first-order valence-electron chi connectivity index (χ1n) is 10.5. The number of nitriles is 1.